The Morgan fingerprint density at radius 2 is 2.00 bits per heavy atom. The van der Waals surface area contributed by atoms with E-state index in [1.807, 2.05) is 49.4 Å². The van der Waals surface area contributed by atoms with Crippen molar-refractivity contribution in [2.75, 3.05) is 6.61 Å². The molecule has 1 heterocycles. The topological polar surface area (TPSA) is 35.0 Å². The Labute approximate surface area is 115 Å². The zero-order chi connectivity index (χ0) is 12.8. The Bertz CT molecular complexity index is 520. The molecule has 1 aromatic heterocycles. The number of hydrogen-bond acceptors (Lipinski definition) is 3. The van der Waals surface area contributed by atoms with Crippen molar-refractivity contribution in [3.63, 3.8) is 0 Å². The van der Waals surface area contributed by atoms with Gasteiger partial charge in [0.1, 0.15) is 17.0 Å². The molecule has 0 spiro atoms. The summed E-state index contributed by atoms with van der Waals surface area (Å²) in [4.78, 5) is 8.30. The predicted octanol–water partition coefficient (Wildman–Crippen LogP) is 3.64. The van der Waals surface area contributed by atoms with Crippen molar-refractivity contribution in [1.29, 1.82) is 0 Å². The molecular weight excluding hydrogens is 292 g/mol. The van der Waals surface area contributed by atoms with Crippen LogP contribution in [0.5, 0.6) is 5.88 Å². The average molecular weight is 305 g/mol. The molecule has 2 aromatic rings. The van der Waals surface area contributed by atoms with Crippen molar-refractivity contribution >= 4 is 22.0 Å². The van der Waals surface area contributed by atoms with E-state index in [1.165, 1.54) is 0 Å². The van der Waals surface area contributed by atoms with Gasteiger partial charge in [-0.25, -0.2) is 4.98 Å². The van der Waals surface area contributed by atoms with Crippen LogP contribution in [0.4, 0.5) is 0 Å². The summed E-state index contributed by atoms with van der Waals surface area (Å²) in [6.07, 6.45) is 3.98. The maximum atomic E-state index is 5.52. The minimum absolute atomic E-state index is 0.484. The molecular formula is C14H13BrN2O. The summed E-state index contributed by atoms with van der Waals surface area (Å²) < 4.78 is 6.25. The highest BCUT2D eigenvalue weighted by molar-refractivity contribution is 9.10. The molecule has 0 radical (unpaired) electrons. The fraction of sp³-hybridized carbons (Fsp3) is 0.143. The molecule has 0 amide bonds. The van der Waals surface area contributed by atoms with Crippen LogP contribution in [0.2, 0.25) is 0 Å². The van der Waals surface area contributed by atoms with Gasteiger partial charge in [0, 0.05) is 6.07 Å². The summed E-state index contributed by atoms with van der Waals surface area (Å²) in [5.41, 5.74) is 1.15. The van der Waals surface area contributed by atoms with Crippen molar-refractivity contribution in [3.05, 3.63) is 58.5 Å². The molecule has 0 saturated carbocycles. The molecule has 2 rings (SSSR count). The van der Waals surface area contributed by atoms with Gasteiger partial charge in [0.2, 0.25) is 5.88 Å². The van der Waals surface area contributed by atoms with Gasteiger partial charge in [-0.2, -0.15) is 4.98 Å². The van der Waals surface area contributed by atoms with Crippen LogP contribution >= 0.6 is 15.9 Å². The molecule has 0 aliphatic heterocycles. The lowest BCUT2D eigenvalue weighted by Crippen LogP contribution is -1.98. The summed E-state index contributed by atoms with van der Waals surface area (Å²) in [5.74, 6) is 1.26. The fourth-order valence-electron chi connectivity index (χ4n) is 1.46. The van der Waals surface area contributed by atoms with Crippen LogP contribution in [-0.4, -0.2) is 16.6 Å². The van der Waals surface area contributed by atoms with Crippen LogP contribution < -0.4 is 4.74 Å². The van der Waals surface area contributed by atoms with Gasteiger partial charge in [-0.1, -0.05) is 36.4 Å². The fourth-order valence-corrected chi connectivity index (χ4v) is 1.91. The maximum absolute atomic E-state index is 5.52. The van der Waals surface area contributed by atoms with Crippen LogP contribution in [0, 0.1) is 6.92 Å². The van der Waals surface area contributed by atoms with E-state index in [1.54, 1.807) is 6.07 Å². The lowest BCUT2D eigenvalue weighted by molar-refractivity contribution is 0.347. The monoisotopic (exact) mass is 304 g/mol. The third-order valence-corrected chi connectivity index (χ3v) is 2.63. The van der Waals surface area contributed by atoms with E-state index in [0.29, 0.717) is 18.3 Å². The third kappa shape index (κ3) is 3.96. The Hall–Kier alpha value is -1.68. The molecule has 18 heavy (non-hydrogen) atoms. The van der Waals surface area contributed by atoms with Gasteiger partial charge in [-0.15, -0.1) is 0 Å². The quantitative estimate of drug-likeness (QED) is 0.809. The zero-order valence-corrected chi connectivity index (χ0v) is 11.6. The summed E-state index contributed by atoms with van der Waals surface area (Å²) >= 11 is 3.31. The number of nitrogens with zero attached hydrogens (tertiary/aromatic N) is 2. The smallest absolute Gasteiger partial charge is 0.218 e. The minimum atomic E-state index is 0.484. The molecule has 92 valence electrons. The van der Waals surface area contributed by atoms with Crippen molar-refractivity contribution in [2.45, 2.75) is 6.92 Å². The highest BCUT2D eigenvalue weighted by atomic mass is 79.9. The molecule has 0 aliphatic rings. The van der Waals surface area contributed by atoms with Gasteiger partial charge in [0.25, 0.3) is 0 Å². The number of benzene rings is 1. The van der Waals surface area contributed by atoms with Gasteiger partial charge < -0.3 is 4.74 Å². The Kier molecular flexibility index (Phi) is 4.47. The molecule has 0 bridgehead atoms. The number of rotatable bonds is 4. The first kappa shape index (κ1) is 12.8. The van der Waals surface area contributed by atoms with E-state index < -0.39 is 0 Å². The summed E-state index contributed by atoms with van der Waals surface area (Å²) in [6, 6.07) is 11.8. The second-order valence-corrected chi connectivity index (χ2v) is 4.51. The van der Waals surface area contributed by atoms with Gasteiger partial charge in [-0.05, 0) is 34.5 Å². The van der Waals surface area contributed by atoms with Crippen molar-refractivity contribution < 1.29 is 4.74 Å². The van der Waals surface area contributed by atoms with Gasteiger partial charge in [-0.3, -0.25) is 0 Å². The van der Waals surface area contributed by atoms with Crippen LogP contribution in [0.25, 0.3) is 6.08 Å². The van der Waals surface area contributed by atoms with E-state index >= 15 is 0 Å². The van der Waals surface area contributed by atoms with E-state index in [-0.39, 0.29) is 0 Å². The van der Waals surface area contributed by atoms with Crippen molar-refractivity contribution in [2.24, 2.45) is 0 Å². The van der Waals surface area contributed by atoms with Crippen molar-refractivity contribution in [3.8, 4) is 5.88 Å². The number of ether oxygens (including phenoxy) is 1. The second-order valence-electron chi connectivity index (χ2n) is 3.70. The molecule has 0 saturated heterocycles. The average Bonchev–Trinajstić information content (AvgIpc) is 2.35. The van der Waals surface area contributed by atoms with E-state index in [4.69, 9.17) is 4.74 Å². The highest BCUT2D eigenvalue weighted by Crippen LogP contribution is 2.13. The van der Waals surface area contributed by atoms with E-state index in [2.05, 4.69) is 25.9 Å². The first-order chi connectivity index (χ1) is 8.74. The minimum Gasteiger partial charge on any atom is -0.473 e. The molecule has 0 N–H and O–H groups in total. The molecule has 4 heteroatoms. The summed E-state index contributed by atoms with van der Waals surface area (Å²) in [6.45, 7) is 2.31. The molecule has 0 unspecified atom stereocenters. The number of aryl methyl sites for hydroxylation is 1. The number of aromatic nitrogens is 2. The van der Waals surface area contributed by atoms with E-state index in [9.17, 15) is 0 Å². The van der Waals surface area contributed by atoms with Gasteiger partial charge in [0.15, 0.2) is 0 Å². The van der Waals surface area contributed by atoms with E-state index in [0.717, 1.165) is 10.2 Å². The first-order valence-electron chi connectivity index (χ1n) is 5.59. The van der Waals surface area contributed by atoms with Crippen LogP contribution in [0.15, 0.2) is 47.1 Å². The normalized spacial score (nSPS) is 10.8. The lowest BCUT2D eigenvalue weighted by Gasteiger charge is -2.03. The third-order valence-electron chi connectivity index (χ3n) is 2.22. The van der Waals surface area contributed by atoms with Crippen LogP contribution in [0.1, 0.15) is 11.4 Å². The largest absolute Gasteiger partial charge is 0.473 e. The summed E-state index contributed by atoms with van der Waals surface area (Å²) in [5, 5.41) is 0. The lowest BCUT2D eigenvalue weighted by atomic mass is 10.2. The zero-order valence-electron chi connectivity index (χ0n) is 10.0. The van der Waals surface area contributed by atoms with Gasteiger partial charge >= 0.3 is 0 Å². The Morgan fingerprint density at radius 1 is 1.22 bits per heavy atom. The molecule has 1 aromatic carbocycles. The highest BCUT2D eigenvalue weighted by Gasteiger charge is 1.99. The standard InChI is InChI=1S/C14H13BrN2O/c1-11-16-13(15)10-14(17-11)18-9-5-8-12-6-3-2-4-7-12/h2-8,10H,9H2,1H3/b8-5+. The molecule has 0 fully saturated rings. The SMILES string of the molecule is Cc1nc(Br)cc(OC/C=C/c2ccccc2)n1. The molecule has 0 aliphatic carbocycles. The van der Waals surface area contributed by atoms with Crippen LogP contribution in [0.3, 0.4) is 0 Å². The summed E-state index contributed by atoms with van der Waals surface area (Å²) in [7, 11) is 0. The van der Waals surface area contributed by atoms with Crippen molar-refractivity contribution in [1.82, 2.24) is 9.97 Å². The maximum Gasteiger partial charge on any atom is 0.218 e. The molecule has 0 atom stereocenters. The second kappa shape index (κ2) is 6.31. The number of halogens is 1. The predicted molar refractivity (Wildman–Crippen MR) is 75.4 cm³/mol. The Balaban J connectivity index is 1.90. The van der Waals surface area contributed by atoms with Crippen LogP contribution in [-0.2, 0) is 0 Å². The Morgan fingerprint density at radius 3 is 2.72 bits per heavy atom. The first-order valence-corrected chi connectivity index (χ1v) is 6.39. The number of hydrogen-bond donors (Lipinski definition) is 0. The van der Waals surface area contributed by atoms with Gasteiger partial charge in [0.05, 0.1) is 0 Å². The molecule has 3 nitrogen and oxygen atoms in total.